The quantitative estimate of drug-likeness (QED) is 0.0349. The molecule has 0 spiro atoms. The molecule has 0 bridgehead atoms. The fourth-order valence-corrected chi connectivity index (χ4v) is 9.61. The van der Waals surface area contributed by atoms with Crippen LogP contribution in [0, 0.1) is 23.7 Å². The van der Waals surface area contributed by atoms with Crippen molar-refractivity contribution in [3.63, 3.8) is 0 Å². The van der Waals surface area contributed by atoms with Gasteiger partial charge in [-0.1, -0.05) is 147 Å². The number of nitrogens with two attached hydrogens (primary N) is 1. The molecule has 512 valence electrons. The predicted molar refractivity (Wildman–Crippen MR) is 342 cm³/mol. The third-order valence-electron chi connectivity index (χ3n) is 15.9. The van der Waals surface area contributed by atoms with Crippen LogP contribution in [-0.2, 0) is 76.8 Å². The molecule has 0 fully saturated rings. The van der Waals surface area contributed by atoms with Crippen molar-refractivity contribution >= 4 is 71.0 Å². The van der Waals surface area contributed by atoms with Gasteiger partial charge < -0.3 is 84.4 Å². The zero-order chi connectivity index (χ0) is 69.6. The summed E-state index contributed by atoms with van der Waals surface area (Å²) >= 11 is 0. The summed E-state index contributed by atoms with van der Waals surface area (Å²) in [7, 11) is 0. The number of nitrogens with one attached hydrogen (secondary N) is 10. The average molecular weight is 1300 g/mol. The normalized spacial score (nSPS) is 15.7. The summed E-state index contributed by atoms with van der Waals surface area (Å²) in [6.07, 6.45) is -1.48. The molecule has 0 aliphatic heterocycles. The standard InChI is InChI=1S/C65H95N11O17/c1-10-36(6)52(62(89)67-33-50(80)68-46(32-42-23-25-43(79)26-24-42)57(84)72-49(34-77)61(88)69-47(30-40-19-15-13-16-20-40)60(87)76-55(39(9)78)65(92)93)74-59(86)48(31-41-21-17-14-18-22-41)71-64(91)54(38(8)12-3)75-58(85)45(29-35(4)5)70-63(90)53(37(7)11-2)73-56(83)44(66)27-28-51(81)82/h13-26,35-39,44-49,52-55,77-79H,10-12,27-34,66H2,1-9H3,(H,67,89)(H,68,80)(H,69,88)(H,70,90)(H,71,91)(H,72,84)(H,73,83)(H,74,86)(H,75,85)(H,76,87)(H,81,82)(H,92,93). The number of aliphatic hydroxyl groups is 2. The highest BCUT2D eigenvalue weighted by atomic mass is 16.4. The van der Waals surface area contributed by atoms with Gasteiger partial charge in [-0.3, -0.25) is 52.7 Å². The van der Waals surface area contributed by atoms with Gasteiger partial charge in [-0.25, -0.2) is 4.79 Å². The molecule has 0 saturated carbocycles. The molecule has 0 aliphatic carbocycles. The lowest BCUT2D eigenvalue weighted by atomic mass is 9.94. The van der Waals surface area contributed by atoms with E-state index < -0.39 is 168 Å². The van der Waals surface area contributed by atoms with Gasteiger partial charge in [-0.2, -0.15) is 0 Å². The topological polar surface area (TPSA) is 452 Å². The molecular formula is C65H95N11O17. The summed E-state index contributed by atoms with van der Waals surface area (Å²) < 4.78 is 0. The second kappa shape index (κ2) is 39.4. The molecule has 0 heterocycles. The van der Waals surface area contributed by atoms with Gasteiger partial charge in [0, 0.05) is 25.7 Å². The first-order valence-corrected chi connectivity index (χ1v) is 31.3. The number of benzene rings is 3. The van der Waals surface area contributed by atoms with E-state index in [0.717, 1.165) is 6.92 Å². The lowest BCUT2D eigenvalue weighted by Gasteiger charge is -2.31. The summed E-state index contributed by atoms with van der Waals surface area (Å²) in [5, 5.41) is 74.8. The molecule has 17 N–H and O–H groups in total. The lowest BCUT2D eigenvalue weighted by molar-refractivity contribution is -0.145. The number of rotatable bonds is 40. The fraction of sp³-hybridized carbons (Fsp3) is 0.538. The van der Waals surface area contributed by atoms with Gasteiger partial charge in [0.05, 0.1) is 25.3 Å². The minimum atomic E-state index is -1.77. The molecule has 3 aromatic carbocycles. The molecule has 14 unspecified atom stereocenters. The molecular weight excluding hydrogens is 1210 g/mol. The molecule has 3 rings (SSSR count). The Kier molecular flexibility index (Phi) is 33.1. The SMILES string of the molecule is CCC(C)C(NC(=O)C(N)CCC(=O)O)C(=O)NC(CC(C)C)C(=O)NC(C(=O)NC(Cc1ccccc1)C(=O)NC(C(=O)NCC(=O)NC(Cc1ccc(O)cc1)C(=O)NC(CO)C(=O)NC(Cc1ccccc1)C(=O)NC(C(=O)O)C(C)O)C(C)CC)C(C)CC. The molecule has 28 nitrogen and oxygen atoms in total. The minimum absolute atomic E-state index is 0.0983. The first-order chi connectivity index (χ1) is 43.9. The van der Waals surface area contributed by atoms with E-state index in [1.165, 1.54) is 24.3 Å². The molecule has 93 heavy (non-hydrogen) atoms. The van der Waals surface area contributed by atoms with Gasteiger partial charge in [-0.05, 0) is 72.3 Å². The van der Waals surface area contributed by atoms with Crippen LogP contribution < -0.4 is 58.9 Å². The van der Waals surface area contributed by atoms with Crippen LogP contribution >= 0.6 is 0 Å². The molecule has 3 aromatic rings. The van der Waals surface area contributed by atoms with Crippen molar-refractivity contribution in [1.82, 2.24) is 53.2 Å². The Morgan fingerprint density at radius 2 is 0.806 bits per heavy atom. The first-order valence-electron chi connectivity index (χ1n) is 31.3. The number of carbonyl (C=O) groups excluding carboxylic acids is 10. The highest BCUT2D eigenvalue weighted by Gasteiger charge is 2.38. The molecule has 0 aromatic heterocycles. The van der Waals surface area contributed by atoms with E-state index in [1.54, 1.807) is 102 Å². The summed E-state index contributed by atoms with van der Waals surface area (Å²) in [6.45, 7) is 13.4. The Balaban J connectivity index is 1.88. The van der Waals surface area contributed by atoms with Gasteiger partial charge >= 0.3 is 11.9 Å². The number of carbonyl (C=O) groups is 12. The predicted octanol–water partition coefficient (Wildman–Crippen LogP) is -0.266. The van der Waals surface area contributed by atoms with Gasteiger partial charge in [-0.15, -0.1) is 0 Å². The summed E-state index contributed by atoms with van der Waals surface area (Å²) in [4.78, 5) is 163. The number of carboxylic acid groups (broad SMARTS) is 2. The van der Waals surface area contributed by atoms with Crippen LogP contribution in [0.3, 0.4) is 0 Å². The molecule has 14 atom stereocenters. The number of hydrogen-bond acceptors (Lipinski definition) is 16. The summed E-state index contributed by atoms with van der Waals surface area (Å²) in [6, 6.07) is 8.23. The van der Waals surface area contributed by atoms with E-state index in [4.69, 9.17) is 10.8 Å². The molecule has 10 amide bonds. The van der Waals surface area contributed by atoms with Crippen molar-refractivity contribution in [1.29, 1.82) is 0 Å². The Hall–Kier alpha value is -9.02. The highest BCUT2D eigenvalue weighted by Crippen LogP contribution is 2.17. The van der Waals surface area contributed by atoms with Crippen molar-refractivity contribution < 1.29 is 83.1 Å². The van der Waals surface area contributed by atoms with Gasteiger partial charge in [0.1, 0.15) is 54.1 Å². The average Bonchev–Trinajstić information content (AvgIpc) is 0.992. The van der Waals surface area contributed by atoms with E-state index >= 15 is 0 Å². The lowest BCUT2D eigenvalue weighted by Crippen LogP contribution is -2.62. The Morgan fingerprint density at radius 3 is 1.23 bits per heavy atom. The third kappa shape index (κ3) is 26.6. The summed E-state index contributed by atoms with van der Waals surface area (Å²) in [5.41, 5.74) is 7.49. The van der Waals surface area contributed by atoms with E-state index in [0.29, 0.717) is 36.0 Å². The van der Waals surface area contributed by atoms with E-state index in [-0.39, 0.29) is 50.2 Å². The maximum absolute atomic E-state index is 14.6. The van der Waals surface area contributed by atoms with Crippen molar-refractivity contribution in [3.8, 4) is 5.75 Å². The zero-order valence-electron chi connectivity index (χ0n) is 54.2. The van der Waals surface area contributed by atoms with Crippen LogP contribution in [0.1, 0.15) is 118 Å². The van der Waals surface area contributed by atoms with E-state index in [2.05, 4.69) is 53.2 Å². The van der Waals surface area contributed by atoms with Crippen molar-refractivity contribution in [3.05, 3.63) is 102 Å². The second-order valence-electron chi connectivity index (χ2n) is 23.9. The van der Waals surface area contributed by atoms with Crippen LogP contribution in [-0.4, -0.2) is 176 Å². The van der Waals surface area contributed by atoms with Crippen LogP contribution in [0.25, 0.3) is 0 Å². The molecule has 0 saturated heterocycles. The zero-order valence-corrected chi connectivity index (χ0v) is 54.2. The number of carboxylic acids is 2. The van der Waals surface area contributed by atoms with Gasteiger partial charge in [0.2, 0.25) is 59.1 Å². The van der Waals surface area contributed by atoms with Gasteiger partial charge in [0.15, 0.2) is 6.04 Å². The van der Waals surface area contributed by atoms with Crippen LogP contribution in [0.15, 0.2) is 84.9 Å². The number of amides is 10. The number of hydrogen-bond donors (Lipinski definition) is 16. The largest absolute Gasteiger partial charge is 0.508 e. The van der Waals surface area contributed by atoms with Crippen molar-refractivity contribution in [2.75, 3.05) is 13.2 Å². The van der Waals surface area contributed by atoms with Crippen LogP contribution in [0.5, 0.6) is 5.75 Å². The monoisotopic (exact) mass is 1300 g/mol. The third-order valence-corrected chi connectivity index (χ3v) is 15.9. The summed E-state index contributed by atoms with van der Waals surface area (Å²) in [5.74, 6) is -13.3. The maximum Gasteiger partial charge on any atom is 0.328 e. The highest BCUT2D eigenvalue weighted by molar-refractivity contribution is 5.99. The number of aliphatic carboxylic acids is 2. The second-order valence-corrected chi connectivity index (χ2v) is 23.9. The number of aromatic hydroxyl groups is 1. The smallest absolute Gasteiger partial charge is 0.328 e. The molecule has 28 heteroatoms. The van der Waals surface area contributed by atoms with Gasteiger partial charge in [0.25, 0.3) is 0 Å². The van der Waals surface area contributed by atoms with E-state index in [9.17, 15) is 78.0 Å². The Bertz CT molecular complexity index is 2970. The van der Waals surface area contributed by atoms with E-state index in [1.807, 2.05) is 13.8 Å². The number of aliphatic hydroxyl groups excluding tert-OH is 2. The fourth-order valence-electron chi connectivity index (χ4n) is 9.61. The number of phenolic OH excluding ortho intramolecular Hbond substituents is 1. The minimum Gasteiger partial charge on any atom is -0.508 e. The van der Waals surface area contributed by atoms with Crippen LogP contribution in [0.4, 0.5) is 0 Å². The number of phenols is 1. The molecule has 0 aliphatic rings. The van der Waals surface area contributed by atoms with Crippen molar-refractivity contribution in [2.45, 2.75) is 187 Å². The van der Waals surface area contributed by atoms with Crippen LogP contribution in [0.2, 0.25) is 0 Å². The van der Waals surface area contributed by atoms with Crippen molar-refractivity contribution in [2.24, 2.45) is 29.4 Å². The Morgan fingerprint density at radius 1 is 0.441 bits per heavy atom. The first kappa shape index (κ1) is 78.2. The molecule has 0 radical (unpaired) electrons. The maximum atomic E-state index is 14.6. The Labute approximate surface area is 541 Å².